The average molecular weight is 250 g/mol. The molecule has 0 aliphatic carbocycles. The summed E-state index contributed by atoms with van der Waals surface area (Å²) in [4.78, 5) is 11.7. The van der Waals surface area contributed by atoms with Crippen LogP contribution in [0.3, 0.4) is 0 Å². The Morgan fingerprint density at radius 1 is 1.39 bits per heavy atom. The van der Waals surface area contributed by atoms with Crippen LogP contribution >= 0.6 is 0 Å². The van der Waals surface area contributed by atoms with Gasteiger partial charge >= 0.3 is 0 Å². The maximum atomic E-state index is 11.7. The average Bonchev–Trinajstić information content (AvgIpc) is 2.38. The third-order valence-corrected chi connectivity index (χ3v) is 2.85. The molecule has 1 aromatic rings. The fourth-order valence-electron chi connectivity index (χ4n) is 1.75. The Kier molecular flexibility index (Phi) is 6.39. The van der Waals surface area contributed by atoms with Crippen LogP contribution in [0.25, 0.3) is 0 Å². The third kappa shape index (κ3) is 5.29. The molecule has 1 aromatic carbocycles. The van der Waals surface area contributed by atoms with E-state index in [9.17, 15) is 9.90 Å². The first-order valence-electron chi connectivity index (χ1n) is 6.30. The van der Waals surface area contributed by atoms with Gasteiger partial charge in [-0.2, -0.15) is 0 Å². The molecule has 1 rings (SSSR count). The van der Waals surface area contributed by atoms with Crippen LogP contribution in [0.4, 0.5) is 0 Å². The number of hydrogen-bond acceptors (Lipinski definition) is 3. The second-order valence-electron chi connectivity index (χ2n) is 4.68. The summed E-state index contributed by atoms with van der Waals surface area (Å²) in [6.07, 6.45) is 1.04. The van der Waals surface area contributed by atoms with Gasteiger partial charge in [0, 0.05) is 6.42 Å². The highest BCUT2D eigenvalue weighted by molar-refractivity contribution is 5.76. The zero-order valence-electron chi connectivity index (χ0n) is 10.8. The number of benzene rings is 1. The lowest BCUT2D eigenvalue weighted by atomic mass is 10.0. The minimum atomic E-state index is -0.232. The molecule has 0 radical (unpaired) electrons. The van der Waals surface area contributed by atoms with Crippen LogP contribution in [0, 0.1) is 5.92 Å². The summed E-state index contributed by atoms with van der Waals surface area (Å²) in [7, 11) is 0. The Morgan fingerprint density at radius 2 is 2.06 bits per heavy atom. The lowest BCUT2D eigenvalue weighted by Gasteiger charge is -2.17. The molecule has 0 aromatic heterocycles. The predicted octanol–water partition coefficient (Wildman–Crippen LogP) is 0.691. The number of amides is 1. The van der Waals surface area contributed by atoms with Crippen LogP contribution in [0.1, 0.15) is 18.9 Å². The molecule has 0 spiro atoms. The van der Waals surface area contributed by atoms with Crippen molar-refractivity contribution in [2.24, 2.45) is 11.7 Å². The van der Waals surface area contributed by atoms with E-state index in [-0.39, 0.29) is 24.5 Å². The van der Waals surface area contributed by atoms with E-state index in [1.807, 2.05) is 37.3 Å². The van der Waals surface area contributed by atoms with Gasteiger partial charge in [0.1, 0.15) is 0 Å². The van der Waals surface area contributed by atoms with Gasteiger partial charge in [-0.15, -0.1) is 0 Å². The maximum Gasteiger partial charge on any atom is 0.220 e. The monoisotopic (exact) mass is 250 g/mol. The van der Waals surface area contributed by atoms with Crippen LogP contribution in [-0.2, 0) is 11.2 Å². The Hall–Kier alpha value is -1.39. The molecular weight excluding hydrogens is 228 g/mol. The van der Waals surface area contributed by atoms with Crippen molar-refractivity contribution in [1.29, 1.82) is 0 Å². The molecule has 18 heavy (non-hydrogen) atoms. The second-order valence-corrected chi connectivity index (χ2v) is 4.68. The molecule has 0 aliphatic heterocycles. The molecule has 0 fully saturated rings. The summed E-state index contributed by atoms with van der Waals surface area (Å²) in [5.74, 6) is 0.115. The van der Waals surface area contributed by atoms with Crippen LogP contribution < -0.4 is 11.1 Å². The maximum absolute atomic E-state index is 11.7. The van der Waals surface area contributed by atoms with Gasteiger partial charge in [-0.25, -0.2) is 0 Å². The van der Waals surface area contributed by atoms with E-state index in [1.54, 1.807) is 0 Å². The van der Waals surface area contributed by atoms with E-state index in [1.165, 1.54) is 0 Å². The molecule has 0 aliphatic rings. The molecule has 1 unspecified atom stereocenters. The number of aliphatic hydroxyl groups excluding tert-OH is 1. The number of carbonyl (C=O) groups excluding carboxylic acids is 1. The normalized spacial score (nSPS) is 13.9. The zero-order valence-corrected chi connectivity index (χ0v) is 10.8. The van der Waals surface area contributed by atoms with Gasteiger partial charge in [0.2, 0.25) is 5.91 Å². The first kappa shape index (κ1) is 14.7. The summed E-state index contributed by atoms with van der Waals surface area (Å²) in [6.45, 7) is 2.37. The topological polar surface area (TPSA) is 75.4 Å². The molecule has 4 nitrogen and oxygen atoms in total. The number of nitrogens with one attached hydrogen (secondary N) is 1. The van der Waals surface area contributed by atoms with Crippen LogP contribution in [-0.4, -0.2) is 30.2 Å². The van der Waals surface area contributed by atoms with Crippen molar-refractivity contribution in [2.45, 2.75) is 25.8 Å². The van der Waals surface area contributed by atoms with E-state index < -0.39 is 0 Å². The van der Waals surface area contributed by atoms with Gasteiger partial charge in [-0.3, -0.25) is 4.79 Å². The van der Waals surface area contributed by atoms with E-state index in [0.717, 1.165) is 5.56 Å². The number of aliphatic hydroxyl groups is 1. The minimum absolute atomic E-state index is 0.0528. The molecule has 0 bridgehead atoms. The van der Waals surface area contributed by atoms with Crippen molar-refractivity contribution in [1.82, 2.24) is 5.32 Å². The summed E-state index contributed by atoms with van der Waals surface area (Å²) in [5.41, 5.74) is 6.58. The van der Waals surface area contributed by atoms with Crippen molar-refractivity contribution in [3.8, 4) is 0 Å². The number of carbonyl (C=O) groups is 1. The fraction of sp³-hybridized carbons (Fsp3) is 0.500. The number of nitrogens with two attached hydrogens (primary N) is 1. The van der Waals surface area contributed by atoms with Gasteiger partial charge in [0.15, 0.2) is 0 Å². The van der Waals surface area contributed by atoms with E-state index in [4.69, 9.17) is 5.73 Å². The summed E-state index contributed by atoms with van der Waals surface area (Å²) in [5, 5.41) is 12.1. The van der Waals surface area contributed by atoms with Gasteiger partial charge in [-0.05, 0) is 24.4 Å². The highest BCUT2D eigenvalue weighted by Gasteiger charge is 2.13. The van der Waals surface area contributed by atoms with Gasteiger partial charge in [0.25, 0.3) is 0 Å². The summed E-state index contributed by atoms with van der Waals surface area (Å²) < 4.78 is 0. The third-order valence-electron chi connectivity index (χ3n) is 2.85. The van der Waals surface area contributed by atoms with Crippen molar-refractivity contribution in [3.63, 3.8) is 0 Å². The van der Waals surface area contributed by atoms with Crippen molar-refractivity contribution in [3.05, 3.63) is 35.9 Å². The Morgan fingerprint density at radius 3 is 2.61 bits per heavy atom. The van der Waals surface area contributed by atoms with Crippen molar-refractivity contribution >= 4 is 5.91 Å². The fourth-order valence-corrected chi connectivity index (χ4v) is 1.75. The SMILES string of the molecule is CC(CN)CC(=O)N[C@@H](CO)Cc1ccccc1. The second kappa shape index (κ2) is 7.84. The summed E-state index contributed by atoms with van der Waals surface area (Å²) >= 11 is 0. The van der Waals surface area contributed by atoms with Crippen LogP contribution in [0.2, 0.25) is 0 Å². The molecule has 0 saturated heterocycles. The summed E-state index contributed by atoms with van der Waals surface area (Å²) in [6, 6.07) is 9.57. The molecule has 1 amide bonds. The Labute approximate surface area is 108 Å². The van der Waals surface area contributed by atoms with E-state index in [2.05, 4.69) is 5.32 Å². The molecule has 2 atom stereocenters. The first-order valence-corrected chi connectivity index (χ1v) is 6.30. The number of hydrogen-bond donors (Lipinski definition) is 3. The number of rotatable bonds is 7. The largest absolute Gasteiger partial charge is 0.394 e. The predicted molar refractivity (Wildman–Crippen MR) is 72.0 cm³/mol. The molecule has 4 heteroatoms. The Balaban J connectivity index is 2.45. The van der Waals surface area contributed by atoms with Gasteiger partial charge in [0.05, 0.1) is 12.6 Å². The van der Waals surface area contributed by atoms with Gasteiger partial charge in [-0.1, -0.05) is 37.3 Å². The van der Waals surface area contributed by atoms with E-state index >= 15 is 0 Å². The quantitative estimate of drug-likeness (QED) is 0.666. The smallest absolute Gasteiger partial charge is 0.220 e. The minimum Gasteiger partial charge on any atom is -0.394 e. The molecule has 0 heterocycles. The highest BCUT2D eigenvalue weighted by Crippen LogP contribution is 2.04. The Bertz CT molecular complexity index is 354. The molecular formula is C14H22N2O2. The first-order chi connectivity index (χ1) is 8.65. The van der Waals surface area contributed by atoms with Crippen molar-refractivity contribution in [2.75, 3.05) is 13.2 Å². The highest BCUT2D eigenvalue weighted by atomic mass is 16.3. The van der Waals surface area contributed by atoms with Gasteiger partial charge < -0.3 is 16.2 Å². The lowest BCUT2D eigenvalue weighted by molar-refractivity contribution is -0.122. The van der Waals surface area contributed by atoms with Crippen LogP contribution in [0.5, 0.6) is 0 Å². The zero-order chi connectivity index (χ0) is 13.4. The molecule has 0 saturated carbocycles. The van der Waals surface area contributed by atoms with Crippen LogP contribution in [0.15, 0.2) is 30.3 Å². The van der Waals surface area contributed by atoms with Crippen molar-refractivity contribution < 1.29 is 9.90 Å². The molecule has 4 N–H and O–H groups in total. The lowest BCUT2D eigenvalue weighted by Crippen LogP contribution is -2.40. The molecule has 100 valence electrons. The van der Waals surface area contributed by atoms with E-state index in [0.29, 0.717) is 19.4 Å². The standard InChI is InChI=1S/C14H22N2O2/c1-11(9-15)7-14(18)16-13(10-17)8-12-5-3-2-4-6-12/h2-6,11,13,17H,7-10,15H2,1H3,(H,16,18)/t11?,13-/m1/s1.